The Kier molecular flexibility index (Phi) is 3.89. The summed E-state index contributed by atoms with van der Waals surface area (Å²) in [7, 11) is 0. The van der Waals surface area contributed by atoms with Crippen molar-refractivity contribution in [1.29, 1.82) is 0 Å². The van der Waals surface area contributed by atoms with Crippen LogP contribution < -0.4 is 5.73 Å². The molecule has 17 heavy (non-hydrogen) atoms. The number of hydrogen-bond acceptors (Lipinski definition) is 2. The summed E-state index contributed by atoms with van der Waals surface area (Å²) >= 11 is 0. The van der Waals surface area contributed by atoms with E-state index in [4.69, 9.17) is 5.73 Å². The lowest BCUT2D eigenvalue weighted by Crippen LogP contribution is -1.97. The first-order valence-corrected chi connectivity index (χ1v) is 6.03. The molecule has 2 aromatic rings. The molecule has 0 fully saturated rings. The normalized spacial score (nSPS) is 10.5. The molecule has 2 N–H and O–H groups in total. The molecule has 0 aliphatic heterocycles. The zero-order valence-electron chi connectivity index (χ0n) is 10.2. The summed E-state index contributed by atoms with van der Waals surface area (Å²) in [6, 6.07) is 12.7. The summed E-state index contributed by atoms with van der Waals surface area (Å²) in [5, 5.41) is 0. The summed E-state index contributed by atoms with van der Waals surface area (Å²) in [4.78, 5) is 4.46. The van der Waals surface area contributed by atoms with Crippen LogP contribution in [0.1, 0.15) is 29.3 Å². The third kappa shape index (κ3) is 3.14. The molecule has 0 saturated heterocycles. The molecule has 0 spiro atoms. The molecule has 0 atom stereocenters. The summed E-state index contributed by atoms with van der Waals surface area (Å²) in [6.07, 6.45) is 3.89. The molecule has 88 valence electrons. The fourth-order valence-corrected chi connectivity index (χ4v) is 1.77. The molecule has 0 radical (unpaired) electrons. The molecule has 2 nitrogen and oxygen atoms in total. The molecule has 0 unspecified atom stereocenters. The Bertz CT molecular complexity index is 412. The van der Waals surface area contributed by atoms with E-state index in [1.807, 2.05) is 6.20 Å². The first-order valence-electron chi connectivity index (χ1n) is 6.03. The van der Waals surface area contributed by atoms with Gasteiger partial charge in [0.1, 0.15) is 0 Å². The van der Waals surface area contributed by atoms with Gasteiger partial charge in [0, 0.05) is 24.9 Å². The van der Waals surface area contributed by atoms with Crippen LogP contribution in [0, 0.1) is 0 Å². The van der Waals surface area contributed by atoms with Crippen molar-refractivity contribution in [3.8, 4) is 0 Å². The number of aryl methyl sites for hydroxylation is 1. The quantitative estimate of drug-likeness (QED) is 0.870. The predicted octanol–water partition coefficient (Wildman–Crippen LogP) is 2.69. The van der Waals surface area contributed by atoms with Gasteiger partial charge in [-0.15, -0.1) is 0 Å². The van der Waals surface area contributed by atoms with Gasteiger partial charge in [-0.2, -0.15) is 0 Å². The predicted molar refractivity (Wildman–Crippen MR) is 70.8 cm³/mol. The first kappa shape index (κ1) is 11.8. The molecular weight excluding hydrogens is 208 g/mol. The van der Waals surface area contributed by atoms with Crippen LogP contribution in [0.3, 0.4) is 0 Å². The molecule has 1 aromatic carbocycles. The Morgan fingerprint density at radius 3 is 2.12 bits per heavy atom. The fourth-order valence-electron chi connectivity index (χ4n) is 1.77. The minimum Gasteiger partial charge on any atom is -0.326 e. The van der Waals surface area contributed by atoms with Crippen LogP contribution in [-0.2, 0) is 19.4 Å². The number of hydrogen-bond donors (Lipinski definition) is 1. The van der Waals surface area contributed by atoms with Crippen molar-refractivity contribution in [2.24, 2.45) is 5.73 Å². The molecule has 2 rings (SSSR count). The van der Waals surface area contributed by atoms with Gasteiger partial charge in [0.05, 0.1) is 0 Å². The second-order valence-corrected chi connectivity index (χ2v) is 4.21. The van der Waals surface area contributed by atoms with Crippen LogP contribution >= 0.6 is 0 Å². The highest BCUT2D eigenvalue weighted by atomic mass is 14.7. The van der Waals surface area contributed by atoms with E-state index in [0.717, 1.165) is 18.5 Å². The summed E-state index contributed by atoms with van der Waals surface area (Å²) in [5.74, 6) is 0. The SMILES string of the molecule is CCc1ccc(Cc2ccc(CN)cc2)nc1. The van der Waals surface area contributed by atoms with E-state index in [1.165, 1.54) is 16.7 Å². The largest absolute Gasteiger partial charge is 0.326 e. The zero-order chi connectivity index (χ0) is 12.1. The van der Waals surface area contributed by atoms with E-state index < -0.39 is 0 Å². The highest BCUT2D eigenvalue weighted by molar-refractivity contribution is 5.26. The minimum atomic E-state index is 0.601. The number of nitrogens with zero attached hydrogens (tertiary/aromatic N) is 1. The average molecular weight is 226 g/mol. The van der Waals surface area contributed by atoms with E-state index >= 15 is 0 Å². The molecule has 0 bridgehead atoms. The van der Waals surface area contributed by atoms with Gasteiger partial charge < -0.3 is 5.73 Å². The second kappa shape index (κ2) is 5.60. The molecule has 0 aliphatic rings. The van der Waals surface area contributed by atoms with E-state index in [9.17, 15) is 0 Å². The first-order chi connectivity index (χ1) is 8.31. The van der Waals surface area contributed by atoms with Crippen molar-refractivity contribution in [1.82, 2.24) is 4.98 Å². The third-order valence-electron chi connectivity index (χ3n) is 2.94. The van der Waals surface area contributed by atoms with Crippen molar-refractivity contribution in [2.75, 3.05) is 0 Å². The van der Waals surface area contributed by atoms with E-state index in [0.29, 0.717) is 6.54 Å². The summed E-state index contributed by atoms with van der Waals surface area (Å²) < 4.78 is 0. The van der Waals surface area contributed by atoms with Gasteiger partial charge in [-0.3, -0.25) is 4.98 Å². The summed E-state index contributed by atoms with van der Waals surface area (Å²) in [5.41, 5.74) is 10.4. The lowest BCUT2D eigenvalue weighted by molar-refractivity contribution is 1.02. The van der Waals surface area contributed by atoms with E-state index in [-0.39, 0.29) is 0 Å². The van der Waals surface area contributed by atoms with Gasteiger partial charge in [-0.05, 0) is 29.2 Å². The van der Waals surface area contributed by atoms with Crippen LogP contribution in [0.2, 0.25) is 0 Å². The third-order valence-corrected chi connectivity index (χ3v) is 2.94. The topological polar surface area (TPSA) is 38.9 Å². The maximum absolute atomic E-state index is 5.57. The lowest BCUT2D eigenvalue weighted by atomic mass is 10.1. The maximum Gasteiger partial charge on any atom is 0.0447 e. The summed E-state index contributed by atoms with van der Waals surface area (Å²) in [6.45, 7) is 2.74. The Hall–Kier alpha value is -1.67. The van der Waals surface area contributed by atoms with Gasteiger partial charge in [-0.25, -0.2) is 0 Å². The lowest BCUT2D eigenvalue weighted by Gasteiger charge is -2.03. The second-order valence-electron chi connectivity index (χ2n) is 4.21. The maximum atomic E-state index is 5.57. The standard InChI is InChI=1S/C15H18N2/c1-2-12-7-8-15(17-11-12)9-13-3-5-14(10-16)6-4-13/h3-8,11H,2,9-10,16H2,1H3. The number of aromatic nitrogens is 1. The van der Waals surface area contributed by atoms with Crippen LogP contribution in [0.5, 0.6) is 0 Å². The fraction of sp³-hybridized carbons (Fsp3) is 0.267. The van der Waals surface area contributed by atoms with E-state index in [2.05, 4.69) is 48.3 Å². The molecule has 0 saturated carbocycles. The molecular formula is C15H18N2. The Morgan fingerprint density at radius 1 is 0.941 bits per heavy atom. The number of rotatable bonds is 4. The Morgan fingerprint density at radius 2 is 1.59 bits per heavy atom. The Balaban J connectivity index is 2.08. The number of nitrogens with two attached hydrogens (primary N) is 1. The average Bonchev–Trinajstić information content (AvgIpc) is 2.40. The van der Waals surface area contributed by atoms with Gasteiger partial charge >= 0.3 is 0 Å². The highest BCUT2D eigenvalue weighted by Gasteiger charge is 1.98. The van der Waals surface area contributed by atoms with Crippen molar-refractivity contribution >= 4 is 0 Å². The monoisotopic (exact) mass is 226 g/mol. The van der Waals surface area contributed by atoms with Crippen molar-refractivity contribution in [3.63, 3.8) is 0 Å². The van der Waals surface area contributed by atoms with Gasteiger partial charge in [-0.1, -0.05) is 37.3 Å². The van der Waals surface area contributed by atoms with Crippen molar-refractivity contribution < 1.29 is 0 Å². The van der Waals surface area contributed by atoms with Crippen LogP contribution in [0.4, 0.5) is 0 Å². The van der Waals surface area contributed by atoms with Crippen LogP contribution in [0.25, 0.3) is 0 Å². The van der Waals surface area contributed by atoms with Crippen LogP contribution in [0.15, 0.2) is 42.6 Å². The number of pyridine rings is 1. The molecule has 2 heteroatoms. The molecule has 0 amide bonds. The number of benzene rings is 1. The Labute approximate surface area is 103 Å². The smallest absolute Gasteiger partial charge is 0.0447 e. The van der Waals surface area contributed by atoms with Crippen molar-refractivity contribution in [2.45, 2.75) is 26.3 Å². The molecule has 0 aliphatic carbocycles. The molecule has 1 aromatic heterocycles. The van der Waals surface area contributed by atoms with Gasteiger partial charge in [0.25, 0.3) is 0 Å². The van der Waals surface area contributed by atoms with Crippen molar-refractivity contribution in [3.05, 3.63) is 65.0 Å². The van der Waals surface area contributed by atoms with E-state index in [1.54, 1.807) is 0 Å². The molecule has 1 heterocycles. The van der Waals surface area contributed by atoms with Gasteiger partial charge in [0.2, 0.25) is 0 Å². The minimum absolute atomic E-state index is 0.601. The van der Waals surface area contributed by atoms with Gasteiger partial charge in [0.15, 0.2) is 0 Å². The highest BCUT2D eigenvalue weighted by Crippen LogP contribution is 2.10. The van der Waals surface area contributed by atoms with Crippen LogP contribution in [-0.4, -0.2) is 4.98 Å². The zero-order valence-corrected chi connectivity index (χ0v) is 10.2.